The first-order valence-corrected chi connectivity index (χ1v) is 11.6. The summed E-state index contributed by atoms with van der Waals surface area (Å²) in [7, 11) is 0. The van der Waals surface area contributed by atoms with Gasteiger partial charge in [-0.15, -0.1) is 0 Å². The molecule has 1 heterocycles. The molecular formula is C26H30N4O5. The van der Waals surface area contributed by atoms with Crippen LogP contribution in [-0.4, -0.2) is 47.2 Å². The maximum atomic E-state index is 13.0. The number of nitrogens with one attached hydrogen (secondary N) is 2. The van der Waals surface area contributed by atoms with Crippen molar-refractivity contribution in [3.63, 3.8) is 0 Å². The van der Waals surface area contributed by atoms with Crippen molar-refractivity contribution in [2.24, 2.45) is 17.1 Å². The van der Waals surface area contributed by atoms with E-state index in [0.717, 1.165) is 0 Å². The third-order valence-electron chi connectivity index (χ3n) is 7.19. The molecule has 2 fully saturated rings. The number of fused-ring (bicyclic) bond motifs is 1. The van der Waals surface area contributed by atoms with E-state index in [1.807, 2.05) is 18.2 Å². The fourth-order valence-electron chi connectivity index (χ4n) is 5.05. The van der Waals surface area contributed by atoms with Gasteiger partial charge in [0.05, 0.1) is 6.54 Å². The number of amides is 4. The Morgan fingerprint density at radius 2 is 1.83 bits per heavy atom. The zero-order valence-corrected chi connectivity index (χ0v) is 20.0. The average molecular weight is 479 g/mol. The molecule has 2 aromatic carbocycles. The van der Waals surface area contributed by atoms with Crippen LogP contribution < -0.4 is 21.1 Å². The average Bonchev–Trinajstić information content (AvgIpc) is 3.18. The fraction of sp³-hybridized carbons (Fsp3) is 0.385. The van der Waals surface area contributed by atoms with Crippen LogP contribution in [-0.2, 0) is 20.9 Å². The number of nitrogens with two attached hydrogens (primary N) is 1. The predicted octanol–water partition coefficient (Wildman–Crippen LogP) is 1.96. The van der Waals surface area contributed by atoms with Crippen LogP contribution in [0.15, 0.2) is 48.5 Å². The van der Waals surface area contributed by atoms with Crippen LogP contribution in [0.3, 0.4) is 0 Å². The lowest BCUT2D eigenvalue weighted by Gasteiger charge is -2.26. The highest BCUT2D eigenvalue weighted by atomic mass is 16.5. The Balaban J connectivity index is 1.45. The minimum Gasteiger partial charge on any atom is -0.457 e. The highest BCUT2D eigenvalue weighted by Gasteiger charge is 2.69. The highest BCUT2D eigenvalue weighted by Crippen LogP contribution is 2.63. The molecule has 1 saturated heterocycles. The van der Waals surface area contributed by atoms with Crippen LogP contribution >= 0.6 is 0 Å². The normalized spacial score (nSPS) is 24.3. The number of benzene rings is 2. The first-order valence-electron chi connectivity index (χ1n) is 11.6. The predicted molar refractivity (Wildman–Crippen MR) is 128 cm³/mol. The van der Waals surface area contributed by atoms with E-state index in [0.29, 0.717) is 29.0 Å². The molecule has 0 spiro atoms. The molecule has 1 saturated carbocycles. The Morgan fingerprint density at radius 1 is 1.11 bits per heavy atom. The van der Waals surface area contributed by atoms with Crippen LogP contribution in [0.25, 0.3) is 0 Å². The zero-order chi connectivity index (χ0) is 25.3. The van der Waals surface area contributed by atoms with Crippen molar-refractivity contribution in [2.45, 2.75) is 45.8 Å². The number of likely N-dealkylation sites (tertiary alicyclic amines) is 1. The topological polar surface area (TPSA) is 131 Å². The van der Waals surface area contributed by atoms with E-state index in [4.69, 9.17) is 10.5 Å². The fourth-order valence-corrected chi connectivity index (χ4v) is 5.05. The molecule has 4 atom stereocenters. The van der Waals surface area contributed by atoms with Gasteiger partial charge in [0.15, 0.2) is 0 Å². The second kappa shape index (κ2) is 9.40. The molecule has 9 heteroatoms. The van der Waals surface area contributed by atoms with Crippen LogP contribution in [0, 0.1) is 11.3 Å². The summed E-state index contributed by atoms with van der Waals surface area (Å²) in [5, 5.41) is 5.37. The van der Waals surface area contributed by atoms with Crippen molar-refractivity contribution in [2.75, 3.05) is 6.54 Å². The van der Waals surface area contributed by atoms with Crippen molar-refractivity contribution < 1.29 is 23.9 Å². The van der Waals surface area contributed by atoms with Crippen molar-refractivity contribution in [3.05, 3.63) is 59.7 Å². The molecule has 0 unspecified atom stereocenters. The number of carbonyl (C=O) groups is 4. The van der Waals surface area contributed by atoms with Gasteiger partial charge in [0.2, 0.25) is 17.7 Å². The van der Waals surface area contributed by atoms with E-state index < -0.39 is 17.9 Å². The summed E-state index contributed by atoms with van der Waals surface area (Å²) in [4.78, 5) is 50.7. The molecule has 4 rings (SSSR count). The van der Waals surface area contributed by atoms with Gasteiger partial charge in [-0.25, -0.2) is 0 Å². The summed E-state index contributed by atoms with van der Waals surface area (Å²) in [5.41, 5.74) is 6.36. The molecule has 2 aromatic rings. The van der Waals surface area contributed by atoms with E-state index in [1.165, 1.54) is 6.92 Å². The molecule has 0 radical (unpaired) electrons. The van der Waals surface area contributed by atoms with Gasteiger partial charge >= 0.3 is 0 Å². The molecule has 1 aliphatic carbocycles. The SMILES string of the molecule is CC(=O)NCc1cc(C(=O)NCC(=O)N2[C@H]3[C@@H](C)[C@@]3(C)C[C@H]2C(N)=O)ccc1Oc1ccccc1. The molecule has 0 bridgehead atoms. The number of para-hydroxylation sites is 1. The van der Waals surface area contributed by atoms with Gasteiger partial charge in [-0.2, -0.15) is 0 Å². The Bertz CT molecular complexity index is 1170. The van der Waals surface area contributed by atoms with Gasteiger partial charge in [-0.05, 0) is 48.1 Å². The first kappa shape index (κ1) is 24.3. The van der Waals surface area contributed by atoms with Crippen molar-refractivity contribution in [3.8, 4) is 11.5 Å². The number of hydrogen-bond acceptors (Lipinski definition) is 5. The summed E-state index contributed by atoms with van der Waals surface area (Å²) in [6.45, 7) is 5.44. The Hall–Kier alpha value is -3.88. The largest absolute Gasteiger partial charge is 0.457 e. The molecule has 9 nitrogen and oxygen atoms in total. The lowest BCUT2D eigenvalue weighted by atomic mass is 9.98. The van der Waals surface area contributed by atoms with E-state index in [1.54, 1.807) is 35.2 Å². The molecule has 1 aliphatic heterocycles. The second-order valence-electron chi connectivity index (χ2n) is 9.49. The van der Waals surface area contributed by atoms with Gasteiger partial charge in [0.25, 0.3) is 5.91 Å². The number of carbonyl (C=O) groups excluding carboxylic acids is 4. The number of primary amides is 1. The van der Waals surface area contributed by atoms with Crippen molar-refractivity contribution in [1.82, 2.24) is 15.5 Å². The quantitative estimate of drug-likeness (QED) is 0.534. The van der Waals surface area contributed by atoms with E-state index >= 15 is 0 Å². The summed E-state index contributed by atoms with van der Waals surface area (Å²) in [6, 6.07) is 13.3. The van der Waals surface area contributed by atoms with Gasteiger partial charge in [0, 0.05) is 30.6 Å². The van der Waals surface area contributed by atoms with Crippen LogP contribution in [0.2, 0.25) is 0 Å². The maximum absolute atomic E-state index is 13.0. The zero-order valence-electron chi connectivity index (χ0n) is 20.0. The maximum Gasteiger partial charge on any atom is 0.251 e. The number of piperidine rings is 1. The smallest absolute Gasteiger partial charge is 0.251 e. The molecule has 35 heavy (non-hydrogen) atoms. The summed E-state index contributed by atoms with van der Waals surface area (Å²) in [5.74, 6) is -0.116. The first-order chi connectivity index (χ1) is 16.6. The van der Waals surface area contributed by atoms with Gasteiger partial charge in [0.1, 0.15) is 17.5 Å². The van der Waals surface area contributed by atoms with E-state index in [2.05, 4.69) is 24.5 Å². The third-order valence-corrected chi connectivity index (χ3v) is 7.19. The van der Waals surface area contributed by atoms with Crippen LogP contribution in [0.4, 0.5) is 0 Å². The number of rotatable bonds is 8. The summed E-state index contributed by atoms with van der Waals surface area (Å²) in [6.07, 6.45) is 0.545. The summed E-state index contributed by atoms with van der Waals surface area (Å²) >= 11 is 0. The number of hydrogen-bond donors (Lipinski definition) is 3. The van der Waals surface area contributed by atoms with Gasteiger partial charge < -0.3 is 26.0 Å². The van der Waals surface area contributed by atoms with Gasteiger partial charge in [-0.1, -0.05) is 32.0 Å². The number of nitrogens with zero attached hydrogens (tertiary/aromatic N) is 1. The Morgan fingerprint density at radius 3 is 2.49 bits per heavy atom. The molecule has 2 aliphatic rings. The van der Waals surface area contributed by atoms with Crippen LogP contribution in [0.1, 0.15) is 43.1 Å². The Labute approximate surface area is 204 Å². The number of ether oxygens (including phenoxy) is 1. The third kappa shape index (κ3) is 4.84. The van der Waals surface area contributed by atoms with Crippen molar-refractivity contribution in [1.29, 1.82) is 0 Å². The molecular weight excluding hydrogens is 448 g/mol. The standard InChI is InChI=1S/C26H30N4O5/c1-15-23-26(15,3)12-20(24(27)33)30(23)22(32)14-29-25(34)17-9-10-21(18(11-17)13-28-16(2)31)35-19-7-5-4-6-8-19/h4-11,15,20,23H,12-14H2,1-3H3,(H2,27,33)(H,28,31)(H,29,34)/t15-,20+,23+,26-/m1/s1. The van der Waals surface area contributed by atoms with E-state index in [-0.39, 0.29) is 42.3 Å². The molecule has 0 aromatic heterocycles. The van der Waals surface area contributed by atoms with E-state index in [9.17, 15) is 19.2 Å². The van der Waals surface area contributed by atoms with Crippen molar-refractivity contribution >= 4 is 23.6 Å². The van der Waals surface area contributed by atoms with Gasteiger partial charge in [-0.3, -0.25) is 19.2 Å². The monoisotopic (exact) mass is 478 g/mol. The van der Waals surface area contributed by atoms with Crippen LogP contribution in [0.5, 0.6) is 11.5 Å². The molecule has 4 amide bonds. The molecule has 184 valence electrons. The lowest BCUT2D eigenvalue weighted by Crippen LogP contribution is -2.50. The highest BCUT2D eigenvalue weighted by molar-refractivity contribution is 5.97. The minimum atomic E-state index is -0.649. The summed E-state index contributed by atoms with van der Waals surface area (Å²) < 4.78 is 5.92. The minimum absolute atomic E-state index is 0.0388. The molecule has 4 N–H and O–H groups in total. The lowest BCUT2D eigenvalue weighted by molar-refractivity contribution is -0.138. The second-order valence-corrected chi connectivity index (χ2v) is 9.49. The Kier molecular flexibility index (Phi) is 6.51.